The number of nitrogens with two attached hydrogens (primary N) is 1. The lowest BCUT2D eigenvalue weighted by molar-refractivity contribution is 0.398. The summed E-state index contributed by atoms with van der Waals surface area (Å²) in [5.41, 5.74) is 9.40. The second-order valence-corrected chi connectivity index (χ2v) is 6.74. The summed E-state index contributed by atoms with van der Waals surface area (Å²) in [6.07, 6.45) is 6.96. The standard InChI is InChI=1S/C12H16N2.C6H14.C2H6/c1-2-9-6-7-11(13)12(8-9)14-10-4-3-5-10;1-5-6(2,3)4;1-2/h2,6-8,10,14H,1,3-5,13H2;5H2,1-4H3;1-2H3. The number of hydrogen-bond acceptors (Lipinski definition) is 2. The molecule has 0 amide bonds. The molecule has 2 nitrogen and oxygen atoms in total. The molecule has 0 saturated heterocycles. The third-order valence-corrected chi connectivity index (χ3v) is 3.84. The van der Waals surface area contributed by atoms with Gasteiger partial charge >= 0.3 is 0 Å². The van der Waals surface area contributed by atoms with E-state index in [9.17, 15) is 0 Å². The van der Waals surface area contributed by atoms with Crippen molar-refractivity contribution >= 4 is 17.5 Å². The Morgan fingerprint density at radius 2 is 1.82 bits per heavy atom. The third-order valence-electron chi connectivity index (χ3n) is 3.84. The summed E-state index contributed by atoms with van der Waals surface area (Å²) in [4.78, 5) is 0. The van der Waals surface area contributed by atoms with Crippen LogP contribution in [0.25, 0.3) is 6.08 Å². The van der Waals surface area contributed by atoms with Gasteiger partial charge in [0.25, 0.3) is 0 Å². The van der Waals surface area contributed by atoms with Gasteiger partial charge in [0.15, 0.2) is 0 Å². The summed E-state index contributed by atoms with van der Waals surface area (Å²) in [7, 11) is 0. The molecule has 3 N–H and O–H groups in total. The highest BCUT2D eigenvalue weighted by Gasteiger charge is 2.17. The molecule has 0 aliphatic heterocycles. The molecule has 0 heterocycles. The monoisotopic (exact) mass is 304 g/mol. The molecule has 0 spiro atoms. The molecule has 1 aromatic carbocycles. The molecule has 0 bridgehead atoms. The Kier molecular flexibility index (Phi) is 9.64. The van der Waals surface area contributed by atoms with Gasteiger partial charge in [0.05, 0.1) is 11.4 Å². The second-order valence-electron chi connectivity index (χ2n) is 6.74. The zero-order valence-electron chi connectivity index (χ0n) is 15.5. The molecule has 1 aliphatic rings. The summed E-state index contributed by atoms with van der Waals surface area (Å²) in [6, 6.07) is 6.59. The Bertz CT molecular complexity index is 426. The van der Waals surface area contributed by atoms with Crippen molar-refractivity contribution in [3.63, 3.8) is 0 Å². The van der Waals surface area contributed by atoms with Crippen molar-refractivity contribution in [3.05, 3.63) is 30.3 Å². The Labute approximate surface area is 138 Å². The van der Waals surface area contributed by atoms with E-state index in [-0.39, 0.29) is 0 Å². The van der Waals surface area contributed by atoms with Crippen LogP contribution in [-0.4, -0.2) is 6.04 Å². The van der Waals surface area contributed by atoms with Gasteiger partial charge in [-0.25, -0.2) is 0 Å². The number of benzene rings is 1. The van der Waals surface area contributed by atoms with E-state index in [2.05, 4.69) is 45.7 Å². The van der Waals surface area contributed by atoms with Crippen LogP contribution < -0.4 is 11.1 Å². The minimum Gasteiger partial charge on any atom is -0.397 e. The zero-order valence-corrected chi connectivity index (χ0v) is 15.5. The molecule has 1 aliphatic carbocycles. The van der Waals surface area contributed by atoms with E-state index in [4.69, 9.17) is 5.73 Å². The molecule has 1 aromatic rings. The lowest BCUT2D eigenvalue weighted by Gasteiger charge is -2.28. The van der Waals surface area contributed by atoms with Gasteiger partial charge in [-0.05, 0) is 42.4 Å². The Balaban J connectivity index is 0.000000470. The number of anilines is 2. The largest absolute Gasteiger partial charge is 0.397 e. The second kappa shape index (κ2) is 10.3. The number of hydrogen-bond donors (Lipinski definition) is 2. The van der Waals surface area contributed by atoms with Crippen LogP contribution in [0.4, 0.5) is 11.4 Å². The van der Waals surface area contributed by atoms with Crippen molar-refractivity contribution in [1.29, 1.82) is 0 Å². The molecule has 1 fully saturated rings. The highest BCUT2D eigenvalue weighted by atomic mass is 14.9. The maximum atomic E-state index is 5.87. The van der Waals surface area contributed by atoms with Crippen molar-refractivity contribution in [2.75, 3.05) is 11.1 Å². The summed E-state index contributed by atoms with van der Waals surface area (Å²) >= 11 is 0. The molecular formula is C20H36N2. The maximum Gasteiger partial charge on any atom is 0.0582 e. The average molecular weight is 305 g/mol. The summed E-state index contributed by atoms with van der Waals surface area (Å²) < 4.78 is 0. The van der Waals surface area contributed by atoms with E-state index in [1.807, 2.05) is 32.1 Å². The first kappa shape index (κ1) is 20.6. The molecule has 1 saturated carbocycles. The van der Waals surface area contributed by atoms with Gasteiger partial charge in [-0.3, -0.25) is 0 Å². The van der Waals surface area contributed by atoms with Gasteiger partial charge in [0.1, 0.15) is 0 Å². The Hall–Kier alpha value is -1.44. The Morgan fingerprint density at radius 3 is 2.18 bits per heavy atom. The first-order valence-corrected chi connectivity index (χ1v) is 8.64. The molecule has 126 valence electrons. The molecule has 2 heteroatoms. The summed E-state index contributed by atoms with van der Waals surface area (Å²) in [6.45, 7) is 16.7. The fourth-order valence-corrected chi connectivity index (χ4v) is 1.60. The van der Waals surface area contributed by atoms with Crippen LogP contribution in [0.15, 0.2) is 24.8 Å². The highest BCUT2D eigenvalue weighted by Crippen LogP contribution is 2.27. The van der Waals surface area contributed by atoms with Gasteiger partial charge in [-0.2, -0.15) is 0 Å². The van der Waals surface area contributed by atoms with Crippen molar-refractivity contribution in [2.45, 2.75) is 73.3 Å². The van der Waals surface area contributed by atoms with Crippen molar-refractivity contribution < 1.29 is 0 Å². The average Bonchev–Trinajstić information content (AvgIpc) is 2.46. The lowest BCUT2D eigenvalue weighted by Crippen LogP contribution is -2.27. The zero-order chi connectivity index (χ0) is 17.2. The van der Waals surface area contributed by atoms with Crippen LogP contribution in [0.1, 0.15) is 72.8 Å². The van der Waals surface area contributed by atoms with Crippen LogP contribution in [-0.2, 0) is 0 Å². The van der Waals surface area contributed by atoms with Crippen LogP contribution in [0.2, 0.25) is 0 Å². The molecule has 0 unspecified atom stereocenters. The number of rotatable bonds is 3. The SMILES string of the molecule is C=Cc1ccc(N)c(NC2CCC2)c1.CC.CCC(C)(C)C. The minimum absolute atomic E-state index is 0.542. The maximum absolute atomic E-state index is 5.87. The minimum atomic E-state index is 0.542. The number of nitrogen functional groups attached to an aromatic ring is 1. The summed E-state index contributed by atoms with van der Waals surface area (Å²) in [5.74, 6) is 0. The van der Waals surface area contributed by atoms with Gasteiger partial charge in [-0.15, -0.1) is 0 Å². The Morgan fingerprint density at radius 1 is 1.27 bits per heavy atom. The van der Waals surface area contributed by atoms with Crippen molar-refractivity contribution in [1.82, 2.24) is 0 Å². The fourth-order valence-electron chi connectivity index (χ4n) is 1.60. The van der Waals surface area contributed by atoms with E-state index < -0.39 is 0 Å². The predicted octanol–water partition coefficient (Wildman–Crippen LogP) is 6.34. The van der Waals surface area contributed by atoms with Gasteiger partial charge in [-0.1, -0.05) is 66.7 Å². The summed E-state index contributed by atoms with van der Waals surface area (Å²) in [5, 5.41) is 3.45. The third kappa shape index (κ3) is 8.11. The van der Waals surface area contributed by atoms with E-state index in [1.54, 1.807) is 0 Å². The van der Waals surface area contributed by atoms with Crippen molar-refractivity contribution in [2.24, 2.45) is 5.41 Å². The smallest absolute Gasteiger partial charge is 0.0582 e. The topological polar surface area (TPSA) is 38.0 Å². The molecule has 22 heavy (non-hydrogen) atoms. The fraction of sp³-hybridized carbons (Fsp3) is 0.600. The van der Waals surface area contributed by atoms with Crippen LogP contribution in [0.3, 0.4) is 0 Å². The number of nitrogens with one attached hydrogen (secondary N) is 1. The molecule has 2 rings (SSSR count). The van der Waals surface area contributed by atoms with E-state index >= 15 is 0 Å². The van der Waals surface area contributed by atoms with Gasteiger partial charge in [0.2, 0.25) is 0 Å². The lowest BCUT2D eigenvalue weighted by atomic mass is 9.93. The van der Waals surface area contributed by atoms with E-state index in [1.165, 1.54) is 25.7 Å². The molecule has 0 radical (unpaired) electrons. The van der Waals surface area contributed by atoms with Gasteiger partial charge < -0.3 is 11.1 Å². The van der Waals surface area contributed by atoms with Crippen LogP contribution in [0.5, 0.6) is 0 Å². The normalized spacial score (nSPS) is 13.7. The van der Waals surface area contributed by atoms with Crippen molar-refractivity contribution in [3.8, 4) is 0 Å². The first-order valence-electron chi connectivity index (χ1n) is 8.64. The highest BCUT2D eigenvalue weighted by molar-refractivity contribution is 5.70. The van der Waals surface area contributed by atoms with Crippen LogP contribution in [0, 0.1) is 5.41 Å². The van der Waals surface area contributed by atoms with E-state index in [0.29, 0.717) is 11.5 Å². The van der Waals surface area contributed by atoms with Gasteiger partial charge in [0, 0.05) is 6.04 Å². The van der Waals surface area contributed by atoms with E-state index in [0.717, 1.165) is 16.9 Å². The first-order chi connectivity index (χ1) is 10.4. The molecule has 0 aromatic heterocycles. The molecular weight excluding hydrogens is 268 g/mol. The molecule has 0 atom stereocenters. The quantitative estimate of drug-likeness (QED) is 0.639. The predicted molar refractivity (Wildman–Crippen MR) is 103 cm³/mol. The van der Waals surface area contributed by atoms with Crippen LogP contribution >= 0.6 is 0 Å².